The van der Waals surface area contributed by atoms with Crippen LogP contribution in [-0.2, 0) is 6.42 Å². The molecule has 1 heterocycles. The summed E-state index contributed by atoms with van der Waals surface area (Å²) >= 11 is 12.4. The number of ether oxygens (including phenoxy) is 2. The number of para-hydroxylation sites is 1. The van der Waals surface area contributed by atoms with Crippen LogP contribution < -0.4 is 15.2 Å². The minimum Gasteiger partial charge on any atom is -0.496 e. The number of nitrogens with two attached hydrogens (primary N) is 1. The number of anilines is 1. The predicted molar refractivity (Wildman–Crippen MR) is 158 cm³/mol. The number of rotatable bonds is 9. The van der Waals surface area contributed by atoms with Gasteiger partial charge in [0.15, 0.2) is 11.6 Å². The van der Waals surface area contributed by atoms with Crippen LogP contribution in [0, 0.1) is 5.82 Å². The van der Waals surface area contributed by atoms with Crippen molar-refractivity contribution in [1.29, 1.82) is 0 Å². The number of carbonyl (C=O) groups is 1. The Kier molecular flexibility index (Phi) is 9.17. The molecule has 0 saturated carbocycles. The monoisotopic (exact) mass is 581 g/mol. The first-order chi connectivity index (χ1) is 19.1. The van der Waals surface area contributed by atoms with E-state index in [1.807, 2.05) is 43.3 Å². The molecule has 6 nitrogen and oxygen atoms in total. The van der Waals surface area contributed by atoms with E-state index >= 15 is 0 Å². The highest BCUT2D eigenvalue weighted by Crippen LogP contribution is 2.37. The van der Waals surface area contributed by atoms with E-state index in [0.29, 0.717) is 23.3 Å². The van der Waals surface area contributed by atoms with Crippen molar-refractivity contribution in [3.05, 3.63) is 105 Å². The summed E-state index contributed by atoms with van der Waals surface area (Å²) in [5, 5.41) is 0.175. The lowest BCUT2D eigenvalue weighted by molar-refractivity contribution is 0.0743. The molecular formula is C31H30Cl2FN3O3. The molecule has 40 heavy (non-hydrogen) atoms. The Morgan fingerprint density at radius 1 is 1.02 bits per heavy atom. The van der Waals surface area contributed by atoms with Gasteiger partial charge in [-0.2, -0.15) is 0 Å². The number of halogens is 3. The molecular weight excluding hydrogens is 552 g/mol. The molecule has 0 bridgehead atoms. The molecule has 0 spiro atoms. The molecule has 0 aliphatic heterocycles. The topological polar surface area (TPSA) is 77.7 Å². The third kappa shape index (κ3) is 6.32. The van der Waals surface area contributed by atoms with Gasteiger partial charge < -0.3 is 20.1 Å². The fourth-order valence-corrected chi connectivity index (χ4v) is 5.09. The van der Waals surface area contributed by atoms with E-state index in [0.717, 1.165) is 22.4 Å². The van der Waals surface area contributed by atoms with E-state index in [2.05, 4.69) is 4.98 Å². The molecule has 4 rings (SSSR count). The number of hydrogen-bond donors (Lipinski definition) is 1. The van der Waals surface area contributed by atoms with Crippen molar-refractivity contribution < 1.29 is 18.7 Å². The van der Waals surface area contributed by atoms with E-state index in [9.17, 15) is 9.18 Å². The van der Waals surface area contributed by atoms with Crippen LogP contribution in [0.5, 0.6) is 11.5 Å². The zero-order valence-electron chi connectivity index (χ0n) is 22.6. The summed E-state index contributed by atoms with van der Waals surface area (Å²) in [5.41, 5.74) is 9.52. The van der Waals surface area contributed by atoms with Crippen molar-refractivity contribution >= 4 is 34.9 Å². The van der Waals surface area contributed by atoms with Gasteiger partial charge in [0, 0.05) is 41.0 Å². The molecule has 0 aliphatic rings. The quantitative estimate of drug-likeness (QED) is 0.205. The first kappa shape index (κ1) is 29.2. The van der Waals surface area contributed by atoms with E-state index < -0.39 is 11.9 Å². The fourth-order valence-electron chi connectivity index (χ4n) is 4.41. The summed E-state index contributed by atoms with van der Waals surface area (Å²) in [7, 11) is 3.43. The van der Waals surface area contributed by atoms with Gasteiger partial charge in [-0.1, -0.05) is 53.5 Å². The highest BCUT2D eigenvalue weighted by atomic mass is 35.5. The van der Waals surface area contributed by atoms with Gasteiger partial charge in [-0.3, -0.25) is 4.79 Å². The van der Waals surface area contributed by atoms with Gasteiger partial charge in [-0.15, -0.1) is 0 Å². The lowest BCUT2D eigenvalue weighted by Crippen LogP contribution is -2.36. The van der Waals surface area contributed by atoms with Crippen LogP contribution in [0.1, 0.15) is 41.4 Å². The predicted octanol–water partition coefficient (Wildman–Crippen LogP) is 7.63. The molecule has 0 saturated heterocycles. The van der Waals surface area contributed by atoms with Gasteiger partial charge in [0.1, 0.15) is 17.7 Å². The Labute approximate surface area is 243 Å². The molecule has 0 fully saturated rings. The van der Waals surface area contributed by atoms with E-state index in [1.165, 1.54) is 12.1 Å². The average molecular weight is 583 g/mol. The van der Waals surface area contributed by atoms with E-state index in [4.69, 9.17) is 38.4 Å². The van der Waals surface area contributed by atoms with Gasteiger partial charge in [-0.25, -0.2) is 9.37 Å². The first-order valence-corrected chi connectivity index (χ1v) is 13.4. The van der Waals surface area contributed by atoms with E-state index in [-0.39, 0.29) is 27.8 Å². The van der Waals surface area contributed by atoms with Crippen molar-refractivity contribution in [3.8, 4) is 22.6 Å². The number of methoxy groups -OCH3 is 1. The van der Waals surface area contributed by atoms with Crippen LogP contribution in [0.25, 0.3) is 11.1 Å². The second kappa shape index (κ2) is 12.6. The number of benzene rings is 3. The van der Waals surface area contributed by atoms with Crippen molar-refractivity contribution in [2.75, 3.05) is 19.9 Å². The average Bonchev–Trinajstić information content (AvgIpc) is 2.96. The molecule has 1 aromatic heterocycles. The number of carbonyl (C=O) groups excluding carboxylic acids is 1. The third-order valence-electron chi connectivity index (χ3n) is 6.83. The highest BCUT2D eigenvalue weighted by molar-refractivity contribution is 6.36. The minimum atomic E-state index is -0.691. The highest BCUT2D eigenvalue weighted by Gasteiger charge is 2.21. The number of amides is 1. The zero-order chi connectivity index (χ0) is 29.0. The minimum absolute atomic E-state index is 0.0495. The van der Waals surface area contributed by atoms with Crippen LogP contribution in [0.4, 0.5) is 10.2 Å². The SMILES string of the molecule is COc1ccccc1CC(C)N(C)C(=O)c1ccc(-c2cnc(N)c(OC(C)c3c(Cl)ccc(F)c3Cl)c2)cc1. The number of nitrogens with zero attached hydrogens (tertiary/aromatic N) is 2. The molecule has 9 heteroatoms. The van der Waals surface area contributed by atoms with Gasteiger partial charge in [-0.05, 0) is 67.8 Å². The van der Waals surface area contributed by atoms with Crippen molar-refractivity contribution in [2.24, 2.45) is 0 Å². The van der Waals surface area contributed by atoms with Crippen LogP contribution in [-0.4, -0.2) is 36.0 Å². The summed E-state index contributed by atoms with van der Waals surface area (Å²) < 4.78 is 25.5. The number of nitrogen functional groups attached to an aromatic ring is 1. The molecule has 208 valence electrons. The molecule has 0 aliphatic carbocycles. The van der Waals surface area contributed by atoms with Gasteiger partial charge in [0.05, 0.1) is 12.1 Å². The Hall–Kier alpha value is -3.81. The largest absolute Gasteiger partial charge is 0.496 e. The standard InChI is InChI=1S/C31H30Cl2FN3O3/c1-18(15-22-7-5-6-8-26(22)39-4)37(3)31(38)21-11-9-20(10-12-21)23-16-27(30(35)36-17-23)40-19(2)28-24(32)13-14-25(34)29(28)33/h5-14,16-19H,15H2,1-4H3,(H2,35,36). The zero-order valence-corrected chi connectivity index (χ0v) is 24.1. The van der Waals surface area contributed by atoms with Crippen molar-refractivity contribution in [3.63, 3.8) is 0 Å². The molecule has 3 aromatic carbocycles. The van der Waals surface area contributed by atoms with Gasteiger partial charge in [0.2, 0.25) is 0 Å². The Morgan fingerprint density at radius 2 is 1.73 bits per heavy atom. The molecule has 4 aromatic rings. The second-order valence-corrected chi connectivity index (χ2v) is 10.3. The Morgan fingerprint density at radius 3 is 2.42 bits per heavy atom. The number of aromatic nitrogens is 1. The van der Waals surface area contributed by atoms with Crippen LogP contribution in [0.2, 0.25) is 10.0 Å². The van der Waals surface area contributed by atoms with Crippen LogP contribution >= 0.6 is 23.2 Å². The van der Waals surface area contributed by atoms with Crippen molar-refractivity contribution in [2.45, 2.75) is 32.4 Å². The summed E-state index contributed by atoms with van der Waals surface area (Å²) in [4.78, 5) is 19.2. The van der Waals surface area contributed by atoms with Crippen LogP contribution in [0.15, 0.2) is 72.9 Å². The molecule has 2 N–H and O–H groups in total. The summed E-state index contributed by atoms with van der Waals surface area (Å²) in [6.07, 6.45) is 1.59. The Balaban J connectivity index is 1.49. The lowest BCUT2D eigenvalue weighted by atomic mass is 10.0. The maximum absolute atomic E-state index is 14.0. The fraction of sp³-hybridized carbons (Fsp3) is 0.226. The summed E-state index contributed by atoms with van der Waals surface area (Å²) in [6, 6.07) is 19.3. The Bertz CT molecular complexity index is 1510. The molecule has 1 amide bonds. The molecule has 2 unspecified atom stereocenters. The van der Waals surface area contributed by atoms with Gasteiger partial charge >= 0.3 is 0 Å². The number of hydrogen-bond acceptors (Lipinski definition) is 5. The normalized spacial score (nSPS) is 12.5. The van der Waals surface area contributed by atoms with E-state index in [1.54, 1.807) is 50.4 Å². The third-order valence-corrected chi connectivity index (χ3v) is 7.54. The maximum atomic E-state index is 14.0. The number of pyridine rings is 1. The van der Waals surface area contributed by atoms with Crippen molar-refractivity contribution in [1.82, 2.24) is 9.88 Å². The van der Waals surface area contributed by atoms with Crippen LogP contribution in [0.3, 0.4) is 0 Å². The molecule has 2 atom stereocenters. The summed E-state index contributed by atoms with van der Waals surface area (Å²) in [6.45, 7) is 3.70. The number of likely N-dealkylation sites (N-methyl/N-ethyl adjacent to an activating group) is 1. The molecule has 0 radical (unpaired) electrons. The smallest absolute Gasteiger partial charge is 0.253 e. The maximum Gasteiger partial charge on any atom is 0.253 e. The second-order valence-electron chi connectivity index (χ2n) is 9.48. The lowest BCUT2D eigenvalue weighted by Gasteiger charge is -2.26. The summed E-state index contributed by atoms with van der Waals surface area (Å²) in [5.74, 6) is 0.580. The first-order valence-electron chi connectivity index (χ1n) is 12.7. The van der Waals surface area contributed by atoms with Gasteiger partial charge in [0.25, 0.3) is 5.91 Å².